The van der Waals surface area contributed by atoms with E-state index in [2.05, 4.69) is 10.6 Å². The second kappa shape index (κ2) is 13.9. The molecule has 194 valence electrons. The number of ether oxygens (including phenoxy) is 2. The van der Waals surface area contributed by atoms with Crippen LogP contribution in [0.5, 0.6) is 0 Å². The minimum Gasteiger partial charge on any atom is -0.450 e. The molecule has 1 saturated heterocycles. The monoisotopic (exact) mass is 516 g/mol. The SMILES string of the molecule is CCOC(=O)NC(CCc1ccccc1)P(=O)(CC(=O)OC(=O)[C@@H]1CCCN1)OCc1ccccc1. The molecule has 0 aliphatic carbocycles. The Bertz CT molecular complexity index is 1040. The average molecular weight is 517 g/mol. The number of carbonyl (C=O) groups excluding carboxylic acids is 3. The Hall–Kier alpha value is -3.00. The molecule has 1 fully saturated rings. The van der Waals surface area contributed by atoms with E-state index in [1.54, 1.807) is 19.1 Å². The van der Waals surface area contributed by atoms with Crippen molar-refractivity contribution in [1.82, 2.24) is 10.6 Å². The van der Waals surface area contributed by atoms with Crippen LogP contribution in [0.4, 0.5) is 4.79 Å². The highest BCUT2D eigenvalue weighted by molar-refractivity contribution is 7.60. The van der Waals surface area contributed by atoms with Gasteiger partial charge < -0.3 is 24.6 Å². The summed E-state index contributed by atoms with van der Waals surface area (Å²) in [6, 6.07) is 18.0. The first-order valence-electron chi connectivity index (χ1n) is 12.1. The molecule has 2 aromatic carbocycles. The molecule has 2 aromatic rings. The molecular formula is C26H33N2O7P. The van der Waals surface area contributed by atoms with Gasteiger partial charge in [-0.25, -0.2) is 9.59 Å². The maximum absolute atomic E-state index is 14.2. The molecule has 0 radical (unpaired) electrons. The minimum absolute atomic E-state index is 0.0458. The van der Waals surface area contributed by atoms with Crippen molar-refractivity contribution in [3.05, 3.63) is 71.8 Å². The fourth-order valence-corrected chi connectivity index (χ4v) is 6.02. The van der Waals surface area contributed by atoms with Crippen LogP contribution in [-0.4, -0.2) is 49.2 Å². The molecule has 2 N–H and O–H groups in total. The second-order valence-electron chi connectivity index (χ2n) is 8.49. The zero-order valence-electron chi connectivity index (χ0n) is 20.4. The molecule has 0 bridgehead atoms. The molecule has 36 heavy (non-hydrogen) atoms. The number of alkyl carbamates (subject to hydrolysis) is 1. The van der Waals surface area contributed by atoms with Crippen molar-refractivity contribution in [2.75, 3.05) is 19.3 Å². The zero-order valence-corrected chi connectivity index (χ0v) is 21.3. The van der Waals surface area contributed by atoms with Crippen LogP contribution in [0.25, 0.3) is 0 Å². The Balaban J connectivity index is 1.80. The molecule has 0 aromatic heterocycles. The number of nitrogens with one attached hydrogen (secondary N) is 2. The minimum atomic E-state index is -3.91. The van der Waals surface area contributed by atoms with Crippen LogP contribution in [0, 0.1) is 0 Å². The van der Waals surface area contributed by atoms with Crippen LogP contribution in [0.2, 0.25) is 0 Å². The Morgan fingerprint density at radius 2 is 1.72 bits per heavy atom. The maximum Gasteiger partial charge on any atom is 0.407 e. The second-order valence-corrected chi connectivity index (χ2v) is 11.1. The van der Waals surface area contributed by atoms with E-state index < -0.39 is 43.4 Å². The van der Waals surface area contributed by atoms with Crippen LogP contribution in [-0.2, 0) is 41.2 Å². The van der Waals surface area contributed by atoms with Crippen LogP contribution >= 0.6 is 7.37 Å². The van der Waals surface area contributed by atoms with E-state index in [4.69, 9.17) is 14.0 Å². The summed E-state index contributed by atoms with van der Waals surface area (Å²) in [5, 5.41) is 5.60. The number of carbonyl (C=O) groups is 3. The number of rotatable bonds is 12. The van der Waals surface area contributed by atoms with E-state index in [0.29, 0.717) is 19.4 Å². The van der Waals surface area contributed by atoms with E-state index in [-0.39, 0.29) is 19.6 Å². The van der Waals surface area contributed by atoms with Crippen LogP contribution in [0.3, 0.4) is 0 Å². The first-order chi connectivity index (χ1) is 17.4. The quantitative estimate of drug-likeness (QED) is 0.247. The molecule has 0 spiro atoms. The van der Waals surface area contributed by atoms with Gasteiger partial charge in [-0.2, -0.15) is 0 Å². The van der Waals surface area contributed by atoms with Crippen molar-refractivity contribution in [3.63, 3.8) is 0 Å². The highest BCUT2D eigenvalue weighted by Crippen LogP contribution is 2.53. The summed E-state index contributed by atoms with van der Waals surface area (Å²) in [4.78, 5) is 37.4. The largest absolute Gasteiger partial charge is 0.450 e. The number of amides is 1. The van der Waals surface area contributed by atoms with Crippen LogP contribution in [0.15, 0.2) is 60.7 Å². The highest BCUT2D eigenvalue weighted by atomic mass is 31.2. The highest BCUT2D eigenvalue weighted by Gasteiger charge is 2.40. The van der Waals surface area contributed by atoms with Crippen molar-refractivity contribution in [2.24, 2.45) is 0 Å². The smallest absolute Gasteiger partial charge is 0.407 e. The summed E-state index contributed by atoms with van der Waals surface area (Å²) in [7, 11) is -3.91. The Morgan fingerprint density at radius 3 is 2.33 bits per heavy atom. The van der Waals surface area contributed by atoms with Gasteiger partial charge in [0.05, 0.1) is 13.2 Å². The summed E-state index contributed by atoms with van der Waals surface area (Å²) in [6.45, 7) is 2.40. The molecule has 9 nitrogen and oxygen atoms in total. The molecule has 10 heteroatoms. The molecule has 3 rings (SSSR count). The molecule has 0 saturated carbocycles. The number of hydrogen-bond donors (Lipinski definition) is 2. The molecular weight excluding hydrogens is 483 g/mol. The fourth-order valence-electron chi connectivity index (χ4n) is 3.91. The summed E-state index contributed by atoms with van der Waals surface area (Å²) in [6.07, 6.45) is 0.635. The molecule has 2 unspecified atom stereocenters. The Morgan fingerprint density at radius 1 is 1.06 bits per heavy atom. The summed E-state index contributed by atoms with van der Waals surface area (Å²) >= 11 is 0. The normalized spacial score (nSPS) is 17.5. The lowest BCUT2D eigenvalue weighted by molar-refractivity contribution is -0.159. The van der Waals surface area contributed by atoms with Gasteiger partial charge in [0.2, 0.25) is 7.37 Å². The van der Waals surface area contributed by atoms with Gasteiger partial charge in [-0.3, -0.25) is 9.36 Å². The van der Waals surface area contributed by atoms with Gasteiger partial charge in [-0.05, 0) is 50.3 Å². The maximum atomic E-state index is 14.2. The van der Waals surface area contributed by atoms with Gasteiger partial charge in [0.25, 0.3) is 0 Å². The predicted octanol–water partition coefficient (Wildman–Crippen LogP) is 4.01. The van der Waals surface area contributed by atoms with E-state index in [0.717, 1.165) is 17.5 Å². The summed E-state index contributed by atoms with van der Waals surface area (Å²) in [5.74, 6) is -2.69. The number of benzene rings is 2. The van der Waals surface area contributed by atoms with Crippen LogP contribution < -0.4 is 10.6 Å². The van der Waals surface area contributed by atoms with Gasteiger partial charge in [-0.15, -0.1) is 0 Å². The molecule has 3 atom stereocenters. The van der Waals surface area contributed by atoms with Crippen molar-refractivity contribution in [3.8, 4) is 0 Å². The van der Waals surface area contributed by atoms with Crippen molar-refractivity contribution in [1.29, 1.82) is 0 Å². The van der Waals surface area contributed by atoms with Crippen molar-refractivity contribution < 1.29 is 32.9 Å². The summed E-state index contributed by atoms with van der Waals surface area (Å²) < 4.78 is 30.1. The third kappa shape index (κ3) is 8.59. The van der Waals surface area contributed by atoms with E-state index in [1.165, 1.54) is 0 Å². The molecule has 1 amide bonds. The number of aryl methyl sites for hydroxylation is 1. The van der Waals surface area contributed by atoms with Gasteiger partial charge in [0.15, 0.2) is 0 Å². The van der Waals surface area contributed by atoms with Gasteiger partial charge in [0, 0.05) is 0 Å². The zero-order chi connectivity index (χ0) is 25.8. The van der Waals surface area contributed by atoms with Crippen molar-refractivity contribution >= 4 is 25.4 Å². The predicted molar refractivity (Wildman–Crippen MR) is 135 cm³/mol. The van der Waals surface area contributed by atoms with Gasteiger partial charge in [0.1, 0.15) is 18.0 Å². The molecule has 1 aliphatic rings. The topological polar surface area (TPSA) is 120 Å². The van der Waals surface area contributed by atoms with Gasteiger partial charge >= 0.3 is 18.0 Å². The van der Waals surface area contributed by atoms with Crippen LogP contribution in [0.1, 0.15) is 37.3 Å². The standard InChI is InChI=1S/C26H33N2O7P/c1-2-33-26(31)28-23(16-15-20-10-5-3-6-11-20)36(32,34-18-21-12-7-4-8-13-21)19-24(29)35-25(30)22-14-9-17-27-22/h3-8,10-13,22-23,27H,2,9,14-19H2,1H3,(H,28,31)/t22-,23?,36?/m0/s1. The van der Waals surface area contributed by atoms with E-state index >= 15 is 0 Å². The first kappa shape index (κ1) is 27.6. The molecule has 1 heterocycles. The third-order valence-electron chi connectivity index (χ3n) is 5.79. The lowest BCUT2D eigenvalue weighted by Gasteiger charge is -2.28. The fraction of sp³-hybridized carbons (Fsp3) is 0.423. The van der Waals surface area contributed by atoms with E-state index in [1.807, 2.05) is 48.5 Å². The Kier molecular flexibility index (Phi) is 10.7. The van der Waals surface area contributed by atoms with Crippen molar-refractivity contribution in [2.45, 2.75) is 51.0 Å². The lowest BCUT2D eigenvalue weighted by atomic mass is 10.1. The third-order valence-corrected chi connectivity index (χ3v) is 8.39. The first-order valence-corrected chi connectivity index (χ1v) is 14.0. The van der Waals surface area contributed by atoms with Gasteiger partial charge in [-0.1, -0.05) is 60.7 Å². The summed E-state index contributed by atoms with van der Waals surface area (Å²) in [5.41, 5.74) is 1.71. The number of hydrogen-bond acceptors (Lipinski definition) is 8. The average Bonchev–Trinajstić information content (AvgIpc) is 3.42. The molecule has 1 aliphatic heterocycles. The lowest BCUT2D eigenvalue weighted by Crippen LogP contribution is -2.39. The number of esters is 2. The van der Waals surface area contributed by atoms with E-state index in [9.17, 15) is 18.9 Å². The Labute approximate surface area is 211 Å².